The number of hydrogen-bond acceptors (Lipinski definition) is 2. The Bertz CT molecular complexity index is 544. The van der Waals surface area contributed by atoms with Gasteiger partial charge in [0, 0.05) is 5.92 Å². The maximum absolute atomic E-state index is 12.6. The van der Waals surface area contributed by atoms with E-state index < -0.39 is 5.60 Å². The first-order valence-corrected chi connectivity index (χ1v) is 11.7. The van der Waals surface area contributed by atoms with E-state index in [1.54, 1.807) is 0 Å². The summed E-state index contributed by atoms with van der Waals surface area (Å²) in [4.78, 5) is 12.6. The second kappa shape index (κ2) is 6.33. The maximum atomic E-state index is 12.6. The fourth-order valence-electron chi connectivity index (χ4n) is 8.22. The molecule has 4 fully saturated rings. The van der Waals surface area contributed by atoms with Crippen molar-refractivity contribution in [2.24, 2.45) is 46.8 Å². The summed E-state index contributed by atoms with van der Waals surface area (Å²) in [5.74, 6) is 5.40. The smallest absolute Gasteiger partial charge is 0.147 e. The molecule has 4 saturated carbocycles. The van der Waals surface area contributed by atoms with E-state index in [1.807, 2.05) is 6.92 Å². The fourth-order valence-corrected chi connectivity index (χ4v) is 8.61. The first-order valence-electron chi connectivity index (χ1n) is 10.6. The normalized spacial score (nSPS) is 55.2. The highest BCUT2D eigenvalue weighted by Crippen LogP contribution is 2.66. The molecule has 0 aromatic heterocycles. The van der Waals surface area contributed by atoms with Crippen molar-refractivity contribution in [1.29, 1.82) is 0 Å². The van der Waals surface area contributed by atoms with E-state index in [1.165, 1.54) is 32.1 Å². The van der Waals surface area contributed by atoms with E-state index in [2.05, 4.69) is 29.8 Å². The lowest BCUT2D eigenvalue weighted by Gasteiger charge is -2.57. The number of alkyl halides is 1. The van der Waals surface area contributed by atoms with Gasteiger partial charge in [-0.1, -0.05) is 29.8 Å². The Labute approximate surface area is 161 Å². The summed E-state index contributed by atoms with van der Waals surface area (Å²) in [6.45, 7) is 6.91. The van der Waals surface area contributed by atoms with Gasteiger partial charge in [0.15, 0.2) is 0 Å². The van der Waals surface area contributed by atoms with Gasteiger partial charge in [0.2, 0.25) is 0 Å². The van der Waals surface area contributed by atoms with Gasteiger partial charge < -0.3 is 5.11 Å². The molecule has 0 aliphatic heterocycles. The topological polar surface area (TPSA) is 37.3 Å². The van der Waals surface area contributed by atoms with Gasteiger partial charge in [0.05, 0.1) is 10.9 Å². The van der Waals surface area contributed by atoms with Crippen LogP contribution >= 0.6 is 15.9 Å². The largest absolute Gasteiger partial charge is 0.390 e. The molecule has 0 bridgehead atoms. The van der Waals surface area contributed by atoms with Gasteiger partial charge in [-0.25, -0.2) is 0 Å². The minimum atomic E-state index is -0.425. The van der Waals surface area contributed by atoms with Crippen LogP contribution in [0.5, 0.6) is 0 Å². The number of rotatable bonds is 2. The Hall–Kier alpha value is 0.110. The monoisotopic (exact) mass is 410 g/mol. The van der Waals surface area contributed by atoms with E-state index in [0.29, 0.717) is 17.0 Å². The molecule has 4 aliphatic carbocycles. The zero-order valence-corrected chi connectivity index (χ0v) is 17.7. The molecule has 3 heteroatoms. The summed E-state index contributed by atoms with van der Waals surface area (Å²) in [6.07, 6.45) is 9.53. The number of Topliss-reactive ketones (excluding diaryl/α,β-unsaturated/α-hetero) is 1. The summed E-state index contributed by atoms with van der Waals surface area (Å²) >= 11 is 3.44. The number of halogens is 1. The highest BCUT2D eigenvalue weighted by atomic mass is 79.9. The molecule has 0 radical (unpaired) electrons. The summed E-state index contributed by atoms with van der Waals surface area (Å²) in [5.41, 5.74) is -0.191. The molecule has 4 rings (SSSR count). The highest BCUT2D eigenvalue weighted by Gasteiger charge is 2.60. The SMILES string of the molecule is C[C@@H]1C[C@H](C(=O)CBr)[C@@]2(C)CCC3[C@H]4CC[C@@](C)(O)C[C@H]4CC[C@H]3[C@H]12. The Morgan fingerprint density at radius 1 is 1.08 bits per heavy atom. The predicted molar refractivity (Wildman–Crippen MR) is 105 cm³/mol. The minimum Gasteiger partial charge on any atom is -0.390 e. The molecule has 0 spiro atoms. The molecule has 0 saturated heterocycles. The van der Waals surface area contributed by atoms with Crippen molar-refractivity contribution in [3.8, 4) is 0 Å². The highest BCUT2D eigenvalue weighted by molar-refractivity contribution is 9.09. The van der Waals surface area contributed by atoms with E-state index in [-0.39, 0.29) is 11.3 Å². The van der Waals surface area contributed by atoms with E-state index in [0.717, 1.165) is 48.9 Å². The molecular weight excluding hydrogens is 376 g/mol. The summed E-state index contributed by atoms with van der Waals surface area (Å²) in [5, 5.41) is 11.1. The van der Waals surface area contributed by atoms with Gasteiger partial charge in [-0.15, -0.1) is 0 Å². The molecule has 25 heavy (non-hydrogen) atoms. The standard InChI is InChI=1S/C22H35BrO2/c1-13-10-18(19(24)12-23)22(3)9-7-16-15-6-8-21(2,25)11-14(15)4-5-17(16)20(13)22/h13-18,20,25H,4-12H2,1-3H3/t13-,14-,15+,16?,17-,18-,20+,21-,22-/m1/s1. The van der Waals surface area contributed by atoms with Crippen LogP contribution in [0, 0.1) is 46.8 Å². The second-order valence-corrected chi connectivity index (χ2v) is 11.1. The Balaban J connectivity index is 1.58. The van der Waals surface area contributed by atoms with Crippen molar-refractivity contribution in [2.75, 3.05) is 5.33 Å². The summed E-state index contributed by atoms with van der Waals surface area (Å²) < 4.78 is 0. The van der Waals surface area contributed by atoms with Crippen molar-refractivity contribution >= 4 is 21.7 Å². The lowest BCUT2D eigenvalue weighted by Crippen LogP contribution is -2.51. The second-order valence-electron chi connectivity index (χ2n) is 10.5. The van der Waals surface area contributed by atoms with Gasteiger partial charge in [0.25, 0.3) is 0 Å². The number of fused-ring (bicyclic) bond motifs is 5. The first-order chi connectivity index (χ1) is 11.8. The molecule has 2 nitrogen and oxygen atoms in total. The zero-order valence-electron chi connectivity index (χ0n) is 16.1. The lowest BCUT2D eigenvalue weighted by atomic mass is 9.48. The van der Waals surface area contributed by atoms with Crippen LogP contribution in [0.1, 0.15) is 72.1 Å². The van der Waals surface area contributed by atoms with Crippen LogP contribution in [-0.4, -0.2) is 21.8 Å². The molecule has 142 valence electrons. The number of ketones is 1. The van der Waals surface area contributed by atoms with Gasteiger partial charge in [-0.3, -0.25) is 4.79 Å². The Kier molecular flexibility index (Phi) is 4.68. The van der Waals surface area contributed by atoms with Crippen molar-refractivity contribution in [3.63, 3.8) is 0 Å². The van der Waals surface area contributed by atoms with Crippen LogP contribution in [-0.2, 0) is 4.79 Å². The maximum Gasteiger partial charge on any atom is 0.147 e. The van der Waals surface area contributed by atoms with Crippen LogP contribution in [0.4, 0.5) is 0 Å². The van der Waals surface area contributed by atoms with Crippen molar-refractivity contribution in [3.05, 3.63) is 0 Å². The molecule has 1 N–H and O–H groups in total. The van der Waals surface area contributed by atoms with E-state index in [9.17, 15) is 9.90 Å². The first kappa shape index (κ1) is 18.5. The van der Waals surface area contributed by atoms with Gasteiger partial charge in [0.1, 0.15) is 5.78 Å². The number of carbonyl (C=O) groups excluding carboxylic acids is 1. The van der Waals surface area contributed by atoms with Crippen LogP contribution in [0.2, 0.25) is 0 Å². The average Bonchev–Trinajstić information content (AvgIpc) is 2.84. The van der Waals surface area contributed by atoms with Crippen molar-refractivity contribution in [2.45, 2.75) is 77.7 Å². The zero-order chi connectivity index (χ0) is 18.0. The quantitative estimate of drug-likeness (QED) is 0.633. The molecule has 0 aromatic carbocycles. The number of carbonyl (C=O) groups is 1. The molecule has 0 amide bonds. The van der Waals surface area contributed by atoms with E-state index in [4.69, 9.17) is 0 Å². The number of hydrogen-bond donors (Lipinski definition) is 1. The van der Waals surface area contributed by atoms with Crippen LogP contribution in [0.3, 0.4) is 0 Å². The molecule has 1 unspecified atom stereocenters. The lowest BCUT2D eigenvalue weighted by molar-refractivity contribution is -0.130. The molecule has 9 atom stereocenters. The third-order valence-corrected chi connectivity index (χ3v) is 9.62. The Morgan fingerprint density at radius 3 is 2.52 bits per heavy atom. The summed E-state index contributed by atoms with van der Waals surface area (Å²) in [7, 11) is 0. The molecule has 4 aliphatic rings. The van der Waals surface area contributed by atoms with Crippen LogP contribution < -0.4 is 0 Å². The average molecular weight is 411 g/mol. The predicted octanol–water partition coefficient (Wildman–Crippen LogP) is 5.22. The Morgan fingerprint density at radius 2 is 1.80 bits per heavy atom. The molecule has 0 aromatic rings. The van der Waals surface area contributed by atoms with Crippen LogP contribution in [0.15, 0.2) is 0 Å². The van der Waals surface area contributed by atoms with Crippen molar-refractivity contribution in [1.82, 2.24) is 0 Å². The molecular formula is C22H35BrO2. The number of aliphatic hydroxyl groups is 1. The third kappa shape index (κ3) is 2.87. The van der Waals surface area contributed by atoms with Gasteiger partial charge >= 0.3 is 0 Å². The van der Waals surface area contributed by atoms with Crippen LogP contribution in [0.25, 0.3) is 0 Å². The summed E-state index contributed by atoms with van der Waals surface area (Å²) in [6, 6.07) is 0. The molecule has 0 heterocycles. The van der Waals surface area contributed by atoms with Gasteiger partial charge in [-0.05, 0) is 99.2 Å². The minimum absolute atomic E-state index is 0.235. The fraction of sp³-hybridized carbons (Fsp3) is 0.955. The van der Waals surface area contributed by atoms with Crippen molar-refractivity contribution < 1.29 is 9.90 Å². The van der Waals surface area contributed by atoms with Gasteiger partial charge in [-0.2, -0.15) is 0 Å². The van der Waals surface area contributed by atoms with E-state index >= 15 is 0 Å². The third-order valence-electron chi connectivity index (χ3n) is 9.07.